The lowest BCUT2D eigenvalue weighted by atomic mass is 9.97. The first kappa shape index (κ1) is 22.2. The lowest BCUT2D eigenvalue weighted by Crippen LogP contribution is -2.44. The van der Waals surface area contributed by atoms with Crippen LogP contribution < -0.4 is 5.32 Å². The number of aromatic nitrogens is 2. The van der Waals surface area contributed by atoms with Gasteiger partial charge in [0.05, 0.1) is 16.9 Å². The Balaban J connectivity index is 1.67. The SMILES string of the molecule is Cc1nn(-c2ccccc2)c(Cl)c1C(=O)N1CCCC(CNC(=O)OC(C)(C)C)C1. The maximum Gasteiger partial charge on any atom is 0.407 e. The zero-order chi connectivity index (χ0) is 21.9. The summed E-state index contributed by atoms with van der Waals surface area (Å²) in [5, 5.41) is 7.60. The number of ether oxygens (including phenoxy) is 1. The minimum absolute atomic E-state index is 0.123. The van der Waals surface area contributed by atoms with Crippen LogP contribution in [0.5, 0.6) is 0 Å². The summed E-state index contributed by atoms with van der Waals surface area (Å²) in [7, 11) is 0. The third kappa shape index (κ3) is 5.33. The van der Waals surface area contributed by atoms with Gasteiger partial charge in [0.2, 0.25) is 0 Å². The van der Waals surface area contributed by atoms with E-state index in [0.717, 1.165) is 18.5 Å². The molecule has 162 valence electrons. The van der Waals surface area contributed by atoms with Crippen LogP contribution in [0.2, 0.25) is 5.15 Å². The Hall–Kier alpha value is -2.54. The van der Waals surface area contributed by atoms with Gasteiger partial charge in [-0.1, -0.05) is 29.8 Å². The normalized spacial score (nSPS) is 17.0. The summed E-state index contributed by atoms with van der Waals surface area (Å²) in [5.74, 6) is 0.0418. The van der Waals surface area contributed by atoms with Gasteiger partial charge in [-0.25, -0.2) is 9.48 Å². The molecule has 1 unspecified atom stereocenters. The molecule has 7 nitrogen and oxygen atoms in total. The van der Waals surface area contributed by atoms with Crippen LogP contribution in [0.15, 0.2) is 30.3 Å². The first-order valence-corrected chi connectivity index (χ1v) is 10.6. The van der Waals surface area contributed by atoms with E-state index in [-0.39, 0.29) is 11.8 Å². The molecule has 1 aromatic heterocycles. The molecule has 0 radical (unpaired) electrons. The van der Waals surface area contributed by atoms with Gasteiger partial charge < -0.3 is 15.0 Å². The number of carbonyl (C=O) groups is 2. The molecule has 0 spiro atoms. The van der Waals surface area contributed by atoms with Crippen molar-refractivity contribution in [3.63, 3.8) is 0 Å². The molecule has 1 saturated heterocycles. The van der Waals surface area contributed by atoms with E-state index in [9.17, 15) is 9.59 Å². The number of rotatable bonds is 4. The second-order valence-corrected chi connectivity index (χ2v) is 9.00. The lowest BCUT2D eigenvalue weighted by molar-refractivity contribution is 0.0502. The summed E-state index contributed by atoms with van der Waals surface area (Å²) in [4.78, 5) is 27.0. The number of likely N-dealkylation sites (tertiary alicyclic amines) is 1. The molecule has 30 heavy (non-hydrogen) atoms. The highest BCUT2D eigenvalue weighted by molar-refractivity contribution is 6.33. The van der Waals surface area contributed by atoms with Crippen LogP contribution in [0.4, 0.5) is 4.79 Å². The number of piperidine rings is 1. The summed E-state index contributed by atoms with van der Waals surface area (Å²) < 4.78 is 6.88. The number of amides is 2. The average molecular weight is 433 g/mol. The fourth-order valence-corrected chi connectivity index (χ4v) is 3.95. The zero-order valence-electron chi connectivity index (χ0n) is 17.9. The molecule has 2 amide bonds. The number of aryl methyl sites for hydroxylation is 1. The topological polar surface area (TPSA) is 76.5 Å². The van der Waals surface area contributed by atoms with Gasteiger partial charge in [-0.3, -0.25) is 4.79 Å². The molecule has 2 heterocycles. The minimum atomic E-state index is -0.536. The Bertz CT molecular complexity index is 905. The summed E-state index contributed by atoms with van der Waals surface area (Å²) in [5.41, 5.74) is 1.30. The minimum Gasteiger partial charge on any atom is -0.444 e. The summed E-state index contributed by atoms with van der Waals surface area (Å²) in [6.07, 6.45) is 1.37. The molecular weight excluding hydrogens is 404 g/mol. The summed E-state index contributed by atoms with van der Waals surface area (Å²) in [6.45, 7) is 8.97. The fourth-order valence-electron chi connectivity index (χ4n) is 3.60. The molecule has 1 aliphatic heterocycles. The van der Waals surface area contributed by atoms with E-state index in [1.165, 1.54) is 0 Å². The standard InChI is InChI=1S/C22H29ClN4O3/c1-15-18(19(23)27(25-15)17-10-6-5-7-11-17)20(28)26-12-8-9-16(14-26)13-24-21(29)30-22(2,3)4/h5-7,10-11,16H,8-9,12-14H2,1-4H3,(H,24,29). The van der Waals surface area contributed by atoms with Gasteiger partial charge in [0, 0.05) is 19.6 Å². The van der Waals surface area contributed by atoms with E-state index in [4.69, 9.17) is 16.3 Å². The third-order valence-corrected chi connectivity index (χ3v) is 5.31. The maximum absolute atomic E-state index is 13.2. The molecule has 1 aromatic carbocycles. The zero-order valence-corrected chi connectivity index (χ0v) is 18.7. The number of hydrogen-bond donors (Lipinski definition) is 1. The van der Waals surface area contributed by atoms with Gasteiger partial charge >= 0.3 is 6.09 Å². The molecular formula is C22H29ClN4O3. The largest absolute Gasteiger partial charge is 0.444 e. The van der Waals surface area contributed by atoms with Crippen molar-refractivity contribution in [1.82, 2.24) is 20.0 Å². The van der Waals surface area contributed by atoms with E-state index in [0.29, 0.717) is 36.0 Å². The number of para-hydroxylation sites is 1. The quantitative estimate of drug-likeness (QED) is 0.785. The molecule has 1 fully saturated rings. The predicted molar refractivity (Wildman–Crippen MR) is 116 cm³/mol. The predicted octanol–water partition coefficient (Wildman–Crippen LogP) is 4.21. The highest BCUT2D eigenvalue weighted by Gasteiger charge is 2.30. The third-order valence-electron chi connectivity index (χ3n) is 4.96. The van der Waals surface area contributed by atoms with Crippen LogP contribution in [0, 0.1) is 12.8 Å². The molecule has 0 saturated carbocycles. The molecule has 0 bridgehead atoms. The number of hydrogen-bond acceptors (Lipinski definition) is 4. The van der Waals surface area contributed by atoms with Crippen LogP contribution in [0.25, 0.3) is 5.69 Å². The van der Waals surface area contributed by atoms with E-state index in [1.54, 1.807) is 16.5 Å². The number of alkyl carbamates (subject to hydrolysis) is 1. The van der Waals surface area contributed by atoms with E-state index >= 15 is 0 Å². The van der Waals surface area contributed by atoms with Crippen molar-refractivity contribution >= 4 is 23.6 Å². The van der Waals surface area contributed by atoms with Crippen molar-refractivity contribution in [1.29, 1.82) is 0 Å². The molecule has 2 aromatic rings. The number of nitrogens with one attached hydrogen (secondary N) is 1. The van der Waals surface area contributed by atoms with Crippen LogP contribution in [-0.2, 0) is 4.74 Å². The van der Waals surface area contributed by atoms with Crippen molar-refractivity contribution in [2.24, 2.45) is 5.92 Å². The van der Waals surface area contributed by atoms with E-state index in [2.05, 4.69) is 10.4 Å². The van der Waals surface area contributed by atoms with Crippen molar-refractivity contribution < 1.29 is 14.3 Å². The fraction of sp³-hybridized carbons (Fsp3) is 0.500. The van der Waals surface area contributed by atoms with Gasteiger partial charge in [-0.2, -0.15) is 5.10 Å². The van der Waals surface area contributed by atoms with Crippen molar-refractivity contribution in [3.8, 4) is 5.69 Å². The number of benzene rings is 1. The number of halogens is 1. The summed E-state index contributed by atoms with van der Waals surface area (Å²) >= 11 is 6.56. The Morgan fingerprint density at radius 1 is 1.27 bits per heavy atom. The van der Waals surface area contributed by atoms with Crippen molar-refractivity contribution in [3.05, 3.63) is 46.7 Å². The van der Waals surface area contributed by atoms with Crippen molar-refractivity contribution in [2.45, 2.75) is 46.1 Å². The lowest BCUT2D eigenvalue weighted by Gasteiger charge is -2.33. The van der Waals surface area contributed by atoms with E-state index < -0.39 is 11.7 Å². The molecule has 1 atom stereocenters. The summed E-state index contributed by atoms with van der Waals surface area (Å²) in [6, 6.07) is 9.50. The molecule has 3 rings (SSSR count). The Morgan fingerprint density at radius 2 is 1.97 bits per heavy atom. The smallest absolute Gasteiger partial charge is 0.407 e. The highest BCUT2D eigenvalue weighted by atomic mass is 35.5. The van der Waals surface area contributed by atoms with Crippen LogP contribution >= 0.6 is 11.6 Å². The molecule has 1 N–H and O–H groups in total. The van der Waals surface area contributed by atoms with Gasteiger partial charge in [-0.15, -0.1) is 0 Å². The second kappa shape index (κ2) is 9.08. The maximum atomic E-state index is 13.2. The molecule has 0 aliphatic carbocycles. The number of carbonyl (C=O) groups excluding carboxylic acids is 2. The average Bonchev–Trinajstić information content (AvgIpc) is 2.99. The van der Waals surface area contributed by atoms with Gasteiger partial charge in [0.1, 0.15) is 10.8 Å². The van der Waals surface area contributed by atoms with Crippen LogP contribution in [0.3, 0.4) is 0 Å². The monoisotopic (exact) mass is 432 g/mol. The molecule has 8 heteroatoms. The molecule has 1 aliphatic rings. The van der Waals surface area contributed by atoms with Gasteiger partial charge in [0.15, 0.2) is 0 Å². The van der Waals surface area contributed by atoms with Crippen molar-refractivity contribution in [2.75, 3.05) is 19.6 Å². The first-order valence-electron chi connectivity index (χ1n) is 10.2. The Labute approximate surface area is 182 Å². The highest BCUT2D eigenvalue weighted by Crippen LogP contribution is 2.27. The van der Waals surface area contributed by atoms with Gasteiger partial charge in [0.25, 0.3) is 5.91 Å². The second-order valence-electron chi connectivity index (χ2n) is 8.64. The van der Waals surface area contributed by atoms with Crippen LogP contribution in [0.1, 0.15) is 49.7 Å². The Morgan fingerprint density at radius 3 is 2.63 bits per heavy atom. The Kier molecular flexibility index (Phi) is 6.71. The van der Waals surface area contributed by atoms with Gasteiger partial charge in [-0.05, 0) is 58.6 Å². The van der Waals surface area contributed by atoms with E-state index in [1.807, 2.05) is 51.1 Å². The number of nitrogens with zero attached hydrogens (tertiary/aromatic N) is 3. The first-order chi connectivity index (χ1) is 14.2. The van der Waals surface area contributed by atoms with Crippen LogP contribution in [-0.4, -0.2) is 51.9 Å².